The summed E-state index contributed by atoms with van der Waals surface area (Å²) < 4.78 is 9.37. The lowest BCUT2D eigenvalue weighted by atomic mass is 9.86. The zero-order valence-electron chi connectivity index (χ0n) is 24.3. The molecule has 5 rings (SSSR count). The topological polar surface area (TPSA) is 112 Å². The molecule has 9 nitrogen and oxygen atoms in total. The third-order valence-electron chi connectivity index (χ3n) is 7.41. The molecule has 1 amide bonds. The van der Waals surface area contributed by atoms with E-state index in [0.29, 0.717) is 25.1 Å². The molecule has 1 aliphatic heterocycles. The molecule has 0 saturated carbocycles. The molecule has 0 saturated heterocycles. The Bertz CT molecular complexity index is 1850. The predicted octanol–water partition coefficient (Wildman–Crippen LogP) is 5.72. The summed E-state index contributed by atoms with van der Waals surface area (Å²) in [5, 5.41) is 20.0. The van der Waals surface area contributed by atoms with E-state index in [2.05, 4.69) is 29.3 Å². The van der Waals surface area contributed by atoms with Gasteiger partial charge in [-0.05, 0) is 82.0 Å². The van der Waals surface area contributed by atoms with Gasteiger partial charge >= 0.3 is 6.09 Å². The Balaban J connectivity index is 1.63. The van der Waals surface area contributed by atoms with Crippen LogP contribution in [0.1, 0.15) is 52.2 Å². The molecule has 41 heavy (non-hydrogen) atoms. The van der Waals surface area contributed by atoms with Crippen molar-refractivity contribution in [2.45, 2.75) is 52.1 Å². The highest BCUT2D eigenvalue weighted by molar-refractivity contribution is 6.04. The van der Waals surface area contributed by atoms with Crippen LogP contribution in [0, 0.1) is 22.8 Å². The molecule has 3 heterocycles. The number of benzene rings is 2. The van der Waals surface area contributed by atoms with Crippen molar-refractivity contribution in [2.24, 2.45) is 12.0 Å². The van der Waals surface area contributed by atoms with Crippen molar-refractivity contribution in [1.29, 1.82) is 10.5 Å². The van der Waals surface area contributed by atoms with Crippen molar-refractivity contribution in [3.63, 3.8) is 0 Å². The van der Waals surface area contributed by atoms with Crippen molar-refractivity contribution in [1.82, 2.24) is 19.0 Å². The maximum Gasteiger partial charge on any atom is 0.410 e. The summed E-state index contributed by atoms with van der Waals surface area (Å²) in [6.07, 6.45) is 6.22. The van der Waals surface area contributed by atoms with E-state index >= 15 is 0 Å². The van der Waals surface area contributed by atoms with E-state index in [1.807, 2.05) is 87.3 Å². The van der Waals surface area contributed by atoms with Crippen LogP contribution in [0.25, 0.3) is 33.2 Å². The fourth-order valence-electron chi connectivity index (χ4n) is 5.14. The number of pyridine rings is 1. The number of aromatic nitrogens is 3. The first-order valence-corrected chi connectivity index (χ1v) is 13.6. The molecule has 0 N–H and O–H groups in total. The summed E-state index contributed by atoms with van der Waals surface area (Å²) in [4.78, 5) is 23.1. The first-order valence-electron chi connectivity index (χ1n) is 13.6. The van der Waals surface area contributed by atoms with Gasteiger partial charge in [0.2, 0.25) is 11.8 Å². The Kier molecular flexibility index (Phi) is 6.92. The van der Waals surface area contributed by atoms with E-state index in [0.717, 1.165) is 44.3 Å². The van der Waals surface area contributed by atoms with Gasteiger partial charge in [-0.15, -0.1) is 4.99 Å². The number of carbonyl (C=O) groups excluding carboxylic acids is 1. The molecule has 0 spiro atoms. The van der Waals surface area contributed by atoms with Crippen LogP contribution in [0.5, 0.6) is 0 Å². The summed E-state index contributed by atoms with van der Waals surface area (Å²) >= 11 is 0. The molecule has 1 aliphatic rings. The van der Waals surface area contributed by atoms with Gasteiger partial charge in [0.15, 0.2) is 0 Å². The summed E-state index contributed by atoms with van der Waals surface area (Å²) in [5.74, 6) is 0. The summed E-state index contributed by atoms with van der Waals surface area (Å²) in [6, 6.07) is 16.3. The molecule has 0 fully saturated rings. The second-order valence-electron chi connectivity index (χ2n) is 11.8. The Morgan fingerprint density at radius 1 is 1.07 bits per heavy atom. The summed E-state index contributed by atoms with van der Waals surface area (Å²) in [7, 11) is 1.87. The standard InChI is InChI=1S/C32H33N7O2/c1-31(2,3)41-30(40)38-15-13-21(14-16-38)22-7-12-26-25(17-22)28-27(18-35-26)37(6)29(36-20-34)39(28)24-10-8-23(9-11-24)32(4,5)19-33/h7-13,17-18H,14-16H2,1-6H3/b36-29-. The lowest BCUT2D eigenvalue weighted by molar-refractivity contribution is 0.0270. The van der Waals surface area contributed by atoms with Gasteiger partial charge in [0, 0.05) is 31.2 Å². The Morgan fingerprint density at radius 2 is 1.80 bits per heavy atom. The average Bonchev–Trinajstić information content (AvgIpc) is 3.23. The molecule has 2 aromatic carbocycles. The minimum absolute atomic E-state index is 0.305. The molecule has 208 valence electrons. The number of fused-ring (bicyclic) bond motifs is 3. The van der Waals surface area contributed by atoms with Crippen LogP contribution >= 0.6 is 0 Å². The molecule has 0 bridgehead atoms. The Hall–Kier alpha value is -4.89. The van der Waals surface area contributed by atoms with E-state index in [9.17, 15) is 15.3 Å². The molecule has 2 aromatic heterocycles. The Morgan fingerprint density at radius 3 is 2.41 bits per heavy atom. The van der Waals surface area contributed by atoms with Crippen LogP contribution in [-0.4, -0.2) is 43.8 Å². The smallest absolute Gasteiger partial charge is 0.410 e. The van der Waals surface area contributed by atoms with Gasteiger partial charge in [0.25, 0.3) is 0 Å². The first kappa shape index (κ1) is 27.7. The molecule has 9 heteroatoms. The van der Waals surface area contributed by atoms with Crippen molar-refractivity contribution < 1.29 is 9.53 Å². The fraction of sp³-hybridized carbons (Fsp3) is 0.344. The third kappa shape index (κ3) is 5.19. The summed E-state index contributed by atoms with van der Waals surface area (Å²) in [6.45, 7) is 10.4. The minimum atomic E-state index is -0.625. The van der Waals surface area contributed by atoms with Crippen LogP contribution in [0.4, 0.5) is 4.79 Å². The van der Waals surface area contributed by atoms with Gasteiger partial charge in [0.1, 0.15) is 5.60 Å². The predicted molar refractivity (Wildman–Crippen MR) is 158 cm³/mol. The molecule has 0 radical (unpaired) electrons. The molecule has 0 unspecified atom stereocenters. The number of nitrogens with zero attached hydrogens (tertiary/aromatic N) is 7. The van der Waals surface area contributed by atoms with Crippen LogP contribution in [0.2, 0.25) is 0 Å². The molecule has 0 atom stereocenters. The van der Waals surface area contributed by atoms with Crippen LogP contribution in [0.3, 0.4) is 0 Å². The van der Waals surface area contributed by atoms with E-state index in [1.54, 1.807) is 11.1 Å². The number of rotatable bonds is 3. The van der Waals surface area contributed by atoms with Crippen molar-refractivity contribution in [3.05, 3.63) is 71.5 Å². The van der Waals surface area contributed by atoms with Crippen LogP contribution < -0.4 is 5.62 Å². The van der Waals surface area contributed by atoms with Gasteiger partial charge in [-0.1, -0.05) is 24.3 Å². The van der Waals surface area contributed by atoms with Gasteiger partial charge in [-0.2, -0.15) is 10.5 Å². The highest BCUT2D eigenvalue weighted by atomic mass is 16.6. The fourth-order valence-corrected chi connectivity index (χ4v) is 5.14. The van der Waals surface area contributed by atoms with Gasteiger partial charge < -0.3 is 14.2 Å². The van der Waals surface area contributed by atoms with E-state index in [1.165, 1.54) is 0 Å². The van der Waals surface area contributed by atoms with Crippen molar-refractivity contribution >= 4 is 33.6 Å². The minimum Gasteiger partial charge on any atom is -0.444 e. The normalized spacial score (nSPS) is 14.6. The lowest BCUT2D eigenvalue weighted by Crippen LogP contribution is -2.39. The lowest BCUT2D eigenvalue weighted by Gasteiger charge is -2.29. The highest BCUT2D eigenvalue weighted by Gasteiger charge is 2.25. The monoisotopic (exact) mass is 547 g/mol. The molecular weight excluding hydrogens is 514 g/mol. The number of carbonyl (C=O) groups is 1. The number of amides is 1. The zero-order chi connectivity index (χ0) is 29.5. The number of nitriles is 2. The van der Waals surface area contributed by atoms with Crippen molar-refractivity contribution in [3.8, 4) is 17.9 Å². The van der Waals surface area contributed by atoms with Crippen LogP contribution in [0.15, 0.2) is 59.7 Å². The largest absolute Gasteiger partial charge is 0.444 e. The Labute approximate surface area is 239 Å². The second-order valence-corrected chi connectivity index (χ2v) is 11.8. The van der Waals surface area contributed by atoms with Gasteiger partial charge in [-0.25, -0.2) is 4.79 Å². The van der Waals surface area contributed by atoms with E-state index < -0.39 is 11.0 Å². The van der Waals surface area contributed by atoms with E-state index in [4.69, 9.17) is 9.72 Å². The maximum atomic E-state index is 12.5. The quantitative estimate of drug-likeness (QED) is 0.304. The van der Waals surface area contributed by atoms with Gasteiger partial charge in [-0.3, -0.25) is 9.55 Å². The van der Waals surface area contributed by atoms with Crippen LogP contribution in [-0.2, 0) is 17.2 Å². The SMILES string of the molecule is Cn1/c(=N/C#N)n(-c2ccc(C(C)(C)C#N)cc2)c2c3cc(C4=CCN(C(=O)OC(C)(C)C)CC4)ccc3ncc21. The van der Waals surface area contributed by atoms with Gasteiger partial charge in [0.05, 0.1) is 34.2 Å². The maximum absolute atomic E-state index is 12.5. The third-order valence-corrected chi connectivity index (χ3v) is 7.41. The van der Waals surface area contributed by atoms with E-state index in [-0.39, 0.29) is 6.09 Å². The average molecular weight is 548 g/mol. The molecule has 0 aliphatic carbocycles. The molecular formula is C32H33N7O2. The zero-order valence-corrected chi connectivity index (χ0v) is 24.3. The molecule has 4 aromatic rings. The number of hydrogen-bond acceptors (Lipinski definition) is 6. The number of imidazole rings is 1. The van der Waals surface area contributed by atoms with Crippen molar-refractivity contribution in [2.75, 3.05) is 13.1 Å². The number of ether oxygens (including phenoxy) is 1. The highest BCUT2D eigenvalue weighted by Crippen LogP contribution is 2.31. The first-order chi connectivity index (χ1) is 19.4. The second kappa shape index (κ2) is 10.3. The number of aryl methyl sites for hydroxylation is 1. The number of hydrogen-bond donors (Lipinski definition) is 0. The summed E-state index contributed by atoms with van der Waals surface area (Å²) in [5.41, 5.74) is 5.77.